The molecule has 0 saturated carbocycles. The van der Waals surface area contributed by atoms with Crippen molar-refractivity contribution in [1.29, 1.82) is 0 Å². The van der Waals surface area contributed by atoms with Gasteiger partial charge in [-0.25, -0.2) is 4.39 Å². The number of amides is 3. The van der Waals surface area contributed by atoms with E-state index >= 15 is 0 Å². The van der Waals surface area contributed by atoms with Gasteiger partial charge in [-0.1, -0.05) is 26.8 Å². The van der Waals surface area contributed by atoms with Gasteiger partial charge in [0.25, 0.3) is 11.8 Å². The Balaban J connectivity index is 2.51. The molecule has 8 heteroatoms. The van der Waals surface area contributed by atoms with Crippen LogP contribution in [0.1, 0.15) is 64.3 Å². The summed E-state index contributed by atoms with van der Waals surface area (Å²) in [7, 11) is 0. The first-order valence-electron chi connectivity index (χ1n) is 10.3. The first-order chi connectivity index (χ1) is 14.8. The second-order valence-electron chi connectivity index (χ2n) is 9.06. The quantitative estimate of drug-likeness (QED) is 0.526. The van der Waals surface area contributed by atoms with Gasteiger partial charge in [0.2, 0.25) is 5.91 Å². The Hall–Kier alpha value is -3.26. The van der Waals surface area contributed by atoms with Crippen LogP contribution in [0.15, 0.2) is 30.3 Å². The predicted octanol–water partition coefficient (Wildman–Crippen LogP) is 2.79. The van der Waals surface area contributed by atoms with E-state index in [1.807, 2.05) is 20.8 Å². The normalized spacial score (nSPS) is 12.2. The lowest BCUT2D eigenvalue weighted by atomic mass is 9.91. The predicted molar refractivity (Wildman–Crippen MR) is 121 cm³/mol. The molecule has 0 saturated heterocycles. The fourth-order valence-corrected chi connectivity index (χ4v) is 3.01. The molecule has 2 aromatic carbocycles. The Morgan fingerprint density at radius 1 is 1.06 bits per heavy atom. The SMILES string of the molecule is Cc1c(F)cc(C(=O)N[C@H](C)CO)cc1-c1ccc(C(=O)NCC(C)(C)C)cc1C(N)=O. The maximum absolute atomic E-state index is 14.6. The Labute approximate surface area is 187 Å². The van der Waals surface area contributed by atoms with Crippen LogP contribution in [0.5, 0.6) is 0 Å². The Bertz CT molecular complexity index is 1040. The van der Waals surface area contributed by atoms with Gasteiger partial charge in [-0.15, -0.1) is 0 Å². The summed E-state index contributed by atoms with van der Waals surface area (Å²) in [5.74, 6) is -2.34. The smallest absolute Gasteiger partial charge is 0.251 e. The Morgan fingerprint density at radius 3 is 2.28 bits per heavy atom. The van der Waals surface area contributed by atoms with Gasteiger partial charge in [0.15, 0.2) is 0 Å². The number of carbonyl (C=O) groups is 3. The molecular formula is C24H30FN3O4. The molecule has 1 atom stereocenters. The second kappa shape index (κ2) is 9.91. The van der Waals surface area contributed by atoms with Crippen LogP contribution in [0.25, 0.3) is 11.1 Å². The molecule has 0 fully saturated rings. The van der Waals surface area contributed by atoms with Gasteiger partial charge >= 0.3 is 0 Å². The molecule has 3 amide bonds. The molecular weight excluding hydrogens is 413 g/mol. The summed E-state index contributed by atoms with van der Waals surface area (Å²) < 4.78 is 14.6. The van der Waals surface area contributed by atoms with Crippen LogP contribution in [-0.2, 0) is 0 Å². The van der Waals surface area contributed by atoms with E-state index in [0.717, 1.165) is 6.07 Å². The number of aliphatic hydroxyl groups is 1. The summed E-state index contributed by atoms with van der Waals surface area (Å²) in [6.45, 7) is 9.24. The van der Waals surface area contributed by atoms with E-state index in [1.54, 1.807) is 6.92 Å². The maximum Gasteiger partial charge on any atom is 0.251 e. The molecule has 0 aliphatic carbocycles. The highest BCUT2D eigenvalue weighted by Gasteiger charge is 2.20. The highest BCUT2D eigenvalue weighted by Crippen LogP contribution is 2.30. The third-order valence-corrected chi connectivity index (χ3v) is 4.87. The lowest BCUT2D eigenvalue weighted by Gasteiger charge is -2.19. The molecule has 0 bridgehead atoms. The molecule has 0 aliphatic heterocycles. The summed E-state index contributed by atoms with van der Waals surface area (Å²) in [4.78, 5) is 37.1. The molecule has 0 aromatic heterocycles. The number of halogens is 1. The molecule has 0 radical (unpaired) electrons. The number of rotatable bonds is 7. The maximum atomic E-state index is 14.6. The van der Waals surface area contributed by atoms with Crippen LogP contribution in [0.2, 0.25) is 0 Å². The largest absolute Gasteiger partial charge is 0.394 e. The second-order valence-corrected chi connectivity index (χ2v) is 9.06. The highest BCUT2D eigenvalue weighted by atomic mass is 19.1. The number of hydrogen-bond donors (Lipinski definition) is 4. The van der Waals surface area contributed by atoms with Crippen molar-refractivity contribution in [2.75, 3.05) is 13.2 Å². The summed E-state index contributed by atoms with van der Waals surface area (Å²) in [6, 6.07) is 6.45. The standard InChI is InChI=1S/C24H30FN3O4/c1-13(11-29)28-23(32)16-9-18(14(2)20(25)10-16)17-7-6-15(8-19(17)21(26)30)22(31)27-12-24(3,4)5/h6-10,13,29H,11-12H2,1-5H3,(H2,26,30)(H,27,31)(H,28,32)/t13-/m1/s1. The summed E-state index contributed by atoms with van der Waals surface area (Å²) in [5.41, 5.74) is 6.61. The van der Waals surface area contributed by atoms with E-state index in [9.17, 15) is 18.8 Å². The van der Waals surface area contributed by atoms with Gasteiger partial charge in [-0.2, -0.15) is 0 Å². The molecule has 2 aromatic rings. The van der Waals surface area contributed by atoms with Crippen molar-refractivity contribution in [3.8, 4) is 11.1 Å². The topological polar surface area (TPSA) is 122 Å². The number of nitrogens with two attached hydrogens (primary N) is 1. The van der Waals surface area contributed by atoms with Crippen molar-refractivity contribution in [2.24, 2.45) is 11.1 Å². The molecule has 32 heavy (non-hydrogen) atoms. The minimum absolute atomic E-state index is 0.0332. The van der Waals surface area contributed by atoms with E-state index in [0.29, 0.717) is 17.7 Å². The van der Waals surface area contributed by atoms with Gasteiger partial charge in [-0.05, 0) is 60.2 Å². The average Bonchev–Trinajstić information content (AvgIpc) is 2.72. The molecule has 2 rings (SSSR count). The van der Waals surface area contributed by atoms with Crippen LogP contribution in [0.4, 0.5) is 4.39 Å². The van der Waals surface area contributed by atoms with E-state index in [2.05, 4.69) is 10.6 Å². The third-order valence-electron chi connectivity index (χ3n) is 4.87. The molecule has 0 heterocycles. The third kappa shape index (κ3) is 6.13. The van der Waals surface area contributed by atoms with Gasteiger partial charge in [0.1, 0.15) is 5.82 Å². The van der Waals surface area contributed by atoms with Crippen LogP contribution >= 0.6 is 0 Å². The zero-order valence-corrected chi connectivity index (χ0v) is 19.0. The first-order valence-corrected chi connectivity index (χ1v) is 10.3. The number of aliphatic hydroxyl groups excluding tert-OH is 1. The minimum atomic E-state index is -0.783. The molecule has 0 aliphatic rings. The fraction of sp³-hybridized carbons (Fsp3) is 0.375. The fourth-order valence-electron chi connectivity index (χ4n) is 3.01. The van der Waals surface area contributed by atoms with Crippen LogP contribution < -0.4 is 16.4 Å². The molecule has 172 valence electrons. The number of primary amides is 1. The molecule has 0 unspecified atom stereocenters. The number of hydrogen-bond acceptors (Lipinski definition) is 4. The monoisotopic (exact) mass is 443 g/mol. The number of nitrogens with one attached hydrogen (secondary N) is 2. The molecule has 5 N–H and O–H groups in total. The highest BCUT2D eigenvalue weighted by molar-refractivity contribution is 6.04. The van der Waals surface area contributed by atoms with Crippen molar-refractivity contribution in [3.05, 3.63) is 58.4 Å². The molecule has 0 spiro atoms. The minimum Gasteiger partial charge on any atom is -0.394 e. The van der Waals surface area contributed by atoms with E-state index in [1.165, 1.54) is 31.2 Å². The van der Waals surface area contributed by atoms with Crippen molar-refractivity contribution in [2.45, 2.75) is 40.7 Å². The average molecular weight is 444 g/mol. The van der Waals surface area contributed by atoms with Gasteiger partial charge in [0, 0.05) is 29.3 Å². The summed E-state index contributed by atoms with van der Waals surface area (Å²) in [6.07, 6.45) is 0. The number of benzene rings is 2. The summed E-state index contributed by atoms with van der Waals surface area (Å²) >= 11 is 0. The molecule has 7 nitrogen and oxygen atoms in total. The lowest BCUT2D eigenvalue weighted by Crippen LogP contribution is -2.35. The van der Waals surface area contributed by atoms with Crippen LogP contribution in [0.3, 0.4) is 0 Å². The van der Waals surface area contributed by atoms with E-state index in [4.69, 9.17) is 10.8 Å². The first kappa shape index (κ1) is 25.0. The van der Waals surface area contributed by atoms with Crippen LogP contribution in [0, 0.1) is 18.2 Å². The van der Waals surface area contributed by atoms with Gasteiger partial charge < -0.3 is 21.5 Å². The van der Waals surface area contributed by atoms with Crippen molar-refractivity contribution >= 4 is 17.7 Å². The zero-order chi connectivity index (χ0) is 24.2. The van der Waals surface area contributed by atoms with Gasteiger partial charge in [-0.3, -0.25) is 14.4 Å². The van der Waals surface area contributed by atoms with Crippen molar-refractivity contribution < 1.29 is 23.9 Å². The Kier molecular flexibility index (Phi) is 7.74. The summed E-state index contributed by atoms with van der Waals surface area (Å²) in [5, 5.41) is 14.5. The van der Waals surface area contributed by atoms with E-state index in [-0.39, 0.29) is 40.2 Å². The van der Waals surface area contributed by atoms with Crippen molar-refractivity contribution in [1.82, 2.24) is 10.6 Å². The van der Waals surface area contributed by atoms with Crippen molar-refractivity contribution in [3.63, 3.8) is 0 Å². The zero-order valence-electron chi connectivity index (χ0n) is 19.0. The number of carbonyl (C=O) groups excluding carboxylic acids is 3. The lowest BCUT2D eigenvalue weighted by molar-refractivity contribution is 0.0918. The van der Waals surface area contributed by atoms with Crippen LogP contribution in [-0.4, -0.2) is 42.0 Å². The Morgan fingerprint density at radius 2 is 1.72 bits per heavy atom. The van der Waals surface area contributed by atoms with E-state index < -0.39 is 23.7 Å². The van der Waals surface area contributed by atoms with Gasteiger partial charge in [0.05, 0.1) is 6.61 Å².